The van der Waals surface area contributed by atoms with E-state index < -0.39 is 0 Å². The van der Waals surface area contributed by atoms with Crippen molar-refractivity contribution >= 4 is 56.1 Å². The Kier molecular flexibility index (Phi) is 7.83. The van der Waals surface area contributed by atoms with Gasteiger partial charge in [0.15, 0.2) is 5.13 Å². The molecule has 0 aliphatic carbocycles. The summed E-state index contributed by atoms with van der Waals surface area (Å²) in [6.45, 7) is 1.40. The Morgan fingerprint density at radius 1 is 1.14 bits per heavy atom. The summed E-state index contributed by atoms with van der Waals surface area (Å²) in [6.07, 6.45) is 2.05. The van der Waals surface area contributed by atoms with Gasteiger partial charge in [-0.2, -0.15) is 0 Å². The first-order valence-electron chi connectivity index (χ1n) is 9.17. The zero-order valence-electron chi connectivity index (χ0n) is 17.0. The van der Waals surface area contributed by atoms with E-state index in [4.69, 9.17) is 9.72 Å². The van der Waals surface area contributed by atoms with Crippen LogP contribution in [0.4, 0.5) is 5.13 Å². The van der Waals surface area contributed by atoms with Crippen LogP contribution in [0.15, 0.2) is 52.3 Å². The number of anilines is 1. The van der Waals surface area contributed by atoms with Crippen molar-refractivity contribution < 1.29 is 9.53 Å². The number of aromatic nitrogens is 1. The number of nitrogens with zero attached hydrogens (tertiary/aromatic N) is 3. The Labute approximate surface area is 184 Å². The summed E-state index contributed by atoms with van der Waals surface area (Å²) >= 11 is 4.79. The third-order valence-corrected chi connectivity index (χ3v) is 7.12. The highest BCUT2D eigenvalue weighted by Gasteiger charge is 2.21. The first-order chi connectivity index (χ1) is 14.0. The number of methoxy groups -OCH3 is 1. The maximum atomic E-state index is 13.1. The summed E-state index contributed by atoms with van der Waals surface area (Å²) < 4.78 is 6.30. The Hall–Kier alpha value is -1.74. The molecule has 154 valence electrons. The highest BCUT2D eigenvalue weighted by molar-refractivity contribution is 8.00. The number of ether oxygens (including phenoxy) is 1. The number of hydrogen-bond acceptors (Lipinski definition) is 7. The molecule has 0 aliphatic heterocycles. The molecule has 3 aromatic rings. The van der Waals surface area contributed by atoms with Crippen molar-refractivity contribution in [1.29, 1.82) is 0 Å². The van der Waals surface area contributed by atoms with Crippen LogP contribution in [0.25, 0.3) is 10.2 Å². The van der Waals surface area contributed by atoms with E-state index in [-0.39, 0.29) is 5.91 Å². The van der Waals surface area contributed by atoms with Gasteiger partial charge in [-0.3, -0.25) is 9.69 Å². The first-order valence-corrected chi connectivity index (χ1v) is 12.2. The fourth-order valence-electron chi connectivity index (χ4n) is 2.71. The van der Waals surface area contributed by atoms with Crippen molar-refractivity contribution in [1.82, 2.24) is 9.88 Å². The van der Waals surface area contributed by atoms with Crippen molar-refractivity contribution in [3.8, 4) is 5.75 Å². The molecular weight excluding hydrogens is 422 g/mol. The second-order valence-corrected chi connectivity index (χ2v) is 9.52. The molecule has 0 bridgehead atoms. The minimum atomic E-state index is 0.0671. The van der Waals surface area contributed by atoms with Gasteiger partial charge in [-0.1, -0.05) is 17.4 Å². The van der Waals surface area contributed by atoms with E-state index in [1.54, 1.807) is 30.2 Å². The number of para-hydroxylation sites is 1. The average Bonchev–Trinajstić information content (AvgIpc) is 3.16. The highest BCUT2D eigenvalue weighted by atomic mass is 32.2. The predicted octanol–water partition coefficient (Wildman–Crippen LogP) is 4.71. The van der Waals surface area contributed by atoms with Crippen LogP contribution in [0.1, 0.15) is 0 Å². The minimum absolute atomic E-state index is 0.0671. The van der Waals surface area contributed by atoms with Gasteiger partial charge in [0.2, 0.25) is 5.91 Å². The average molecular weight is 448 g/mol. The molecule has 0 fully saturated rings. The molecule has 0 radical (unpaired) electrons. The predicted molar refractivity (Wildman–Crippen MR) is 126 cm³/mol. The van der Waals surface area contributed by atoms with Crippen LogP contribution in [0.3, 0.4) is 0 Å². The van der Waals surface area contributed by atoms with E-state index in [1.807, 2.05) is 55.6 Å². The number of rotatable bonds is 9. The van der Waals surface area contributed by atoms with Gasteiger partial charge in [-0.15, -0.1) is 23.5 Å². The van der Waals surface area contributed by atoms with Crippen LogP contribution in [0, 0.1) is 0 Å². The molecule has 1 heterocycles. The third kappa shape index (κ3) is 5.66. The molecule has 0 unspecified atom stereocenters. The second-order valence-electron chi connectivity index (χ2n) is 6.62. The summed E-state index contributed by atoms with van der Waals surface area (Å²) in [5.41, 5.74) is 0.977. The third-order valence-electron chi connectivity index (χ3n) is 4.32. The van der Waals surface area contributed by atoms with Crippen molar-refractivity contribution in [2.75, 3.05) is 51.2 Å². The first kappa shape index (κ1) is 22.0. The SMILES string of the molecule is COc1ccc(SCC(=O)N(CCN(C)C)c2nc3c(SC)cccc3s2)cc1. The number of hydrogen-bond donors (Lipinski definition) is 0. The van der Waals surface area contributed by atoms with Crippen LogP contribution in [-0.4, -0.2) is 62.1 Å². The van der Waals surface area contributed by atoms with Gasteiger partial charge in [-0.25, -0.2) is 4.98 Å². The number of likely N-dealkylation sites (N-methyl/N-ethyl adjacent to an activating group) is 1. The molecule has 0 N–H and O–H groups in total. The quantitative estimate of drug-likeness (QED) is 0.443. The molecule has 0 saturated heterocycles. The van der Waals surface area contributed by atoms with E-state index in [0.29, 0.717) is 12.3 Å². The Morgan fingerprint density at radius 3 is 2.55 bits per heavy atom. The van der Waals surface area contributed by atoms with Gasteiger partial charge in [0, 0.05) is 22.9 Å². The topological polar surface area (TPSA) is 45.7 Å². The number of carbonyl (C=O) groups is 1. The molecule has 2 aromatic carbocycles. The lowest BCUT2D eigenvalue weighted by molar-refractivity contribution is -0.116. The molecule has 0 atom stereocenters. The van der Waals surface area contributed by atoms with Crippen LogP contribution in [-0.2, 0) is 4.79 Å². The van der Waals surface area contributed by atoms with Gasteiger partial charge >= 0.3 is 0 Å². The molecule has 0 aliphatic rings. The van der Waals surface area contributed by atoms with Gasteiger partial charge in [0.1, 0.15) is 5.75 Å². The minimum Gasteiger partial charge on any atom is -0.497 e. The molecular formula is C21H25N3O2S3. The molecule has 1 amide bonds. The summed E-state index contributed by atoms with van der Waals surface area (Å²) in [6, 6.07) is 14.0. The van der Waals surface area contributed by atoms with Gasteiger partial charge in [0.05, 0.1) is 23.1 Å². The van der Waals surface area contributed by atoms with E-state index in [2.05, 4.69) is 17.0 Å². The number of thiazole rings is 1. The van der Waals surface area contributed by atoms with Gasteiger partial charge in [-0.05, 0) is 56.7 Å². The lowest BCUT2D eigenvalue weighted by Crippen LogP contribution is -2.37. The molecule has 0 saturated carbocycles. The maximum absolute atomic E-state index is 13.1. The second kappa shape index (κ2) is 10.3. The highest BCUT2D eigenvalue weighted by Crippen LogP contribution is 2.34. The number of benzene rings is 2. The van der Waals surface area contributed by atoms with Crippen LogP contribution >= 0.6 is 34.9 Å². The molecule has 3 rings (SSSR count). The summed E-state index contributed by atoms with van der Waals surface area (Å²) in [5.74, 6) is 1.25. The normalized spacial score (nSPS) is 11.2. The number of amides is 1. The molecule has 0 spiro atoms. The van der Waals surface area contributed by atoms with Crippen molar-refractivity contribution in [2.45, 2.75) is 9.79 Å². The van der Waals surface area contributed by atoms with Crippen LogP contribution in [0.5, 0.6) is 5.75 Å². The molecule has 5 nitrogen and oxygen atoms in total. The van der Waals surface area contributed by atoms with Gasteiger partial charge < -0.3 is 9.64 Å². The summed E-state index contributed by atoms with van der Waals surface area (Å²) in [5, 5.41) is 0.767. The van der Waals surface area contributed by atoms with E-state index >= 15 is 0 Å². The number of carbonyl (C=O) groups excluding carboxylic acids is 1. The van der Waals surface area contributed by atoms with Gasteiger partial charge in [0.25, 0.3) is 0 Å². The fourth-order valence-corrected chi connectivity index (χ4v) is 5.15. The largest absolute Gasteiger partial charge is 0.497 e. The maximum Gasteiger partial charge on any atom is 0.239 e. The van der Waals surface area contributed by atoms with Crippen LogP contribution in [0.2, 0.25) is 0 Å². The van der Waals surface area contributed by atoms with Crippen LogP contribution < -0.4 is 9.64 Å². The van der Waals surface area contributed by atoms with Crippen molar-refractivity contribution in [2.24, 2.45) is 0 Å². The number of fused-ring (bicyclic) bond motifs is 1. The monoisotopic (exact) mass is 447 g/mol. The molecule has 29 heavy (non-hydrogen) atoms. The Bertz CT molecular complexity index is 957. The standard InChI is InChI=1S/C21H25N3O2S3/c1-23(2)12-13-24(19(25)14-28-16-10-8-15(26-3)9-11-16)21-22-20-17(27-4)6-5-7-18(20)29-21/h5-11H,12-14H2,1-4H3. The summed E-state index contributed by atoms with van der Waals surface area (Å²) in [4.78, 5) is 24.0. The Balaban J connectivity index is 1.79. The Morgan fingerprint density at radius 2 is 1.90 bits per heavy atom. The smallest absolute Gasteiger partial charge is 0.239 e. The lowest BCUT2D eigenvalue weighted by Gasteiger charge is -2.21. The van der Waals surface area contributed by atoms with E-state index in [0.717, 1.165) is 37.4 Å². The fraction of sp³-hybridized carbons (Fsp3) is 0.333. The lowest BCUT2D eigenvalue weighted by atomic mass is 10.3. The van der Waals surface area contributed by atoms with E-state index in [9.17, 15) is 4.79 Å². The van der Waals surface area contributed by atoms with Crippen molar-refractivity contribution in [3.63, 3.8) is 0 Å². The molecule has 8 heteroatoms. The zero-order valence-corrected chi connectivity index (χ0v) is 19.5. The van der Waals surface area contributed by atoms with E-state index in [1.165, 1.54) is 11.8 Å². The molecule has 1 aromatic heterocycles. The van der Waals surface area contributed by atoms with Crippen molar-refractivity contribution in [3.05, 3.63) is 42.5 Å². The zero-order chi connectivity index (χ0) is 20.8. The summed E-state index contributed by atoms with van der Waals surface area (Å²) in [7, 11) is 5.67. The number of thioether (sulfide) groups is 2.